The molecule has 232 valence electrons. The Bertz CT molecular complexity index is 1140. The number of benzene rings is 1. The number of ketones is 1. The van der Waals surface area contributed by atoms with E-state index in [9.17, 15) is 28.8 Å². The van der Waals surface area contributed by atoms with Gasteiger partial charge in [0.2, 0.25) is 23.6 Å². The zero-order valence-corrected chi connectivity index (χ0v) is 25.7. The highest BCUT2D eigenvalue weighted by Crippen LogP contribution is 2.19. The van der Waals surface area contributed by atoms with Crippen LogP contribution in [0, 0.1) is 0 Å². The van der Waals surface area contributed by atoms with E-state index in [1.807, 2.05) is 30.3 Å². The summed E-state index contributed by atoms with van der Waals surface area (Å²) in [4.78, 5) is 77.4. The molecular weight excluding hydrogens is 566 g/mol. The van der Waals surface area contributed by atoms with Crippen LogP contribution < -0.4 is 21.3 Å². The topological polar surface area (TPSA) is 163 Å². The minimum Gasteiger partial charge on any atom is -0.444 e. The molecule has 0 aliphatic carbocycles. The van der Waals surface area contributed by atoms with Crippen LogP contribution in [0.15, 0.2) is 30.3 Å². The van der Waals surface area contributed by atoms with Gasteiger partial charge in [0.05, 0.1) is 11.9 Å². The number of carbonyl (C=O) groups is 6. The molecule has 2 rings (SSSR count). The molecule has 4 N–H and O–H groups in total. The summed E-state index contributed by atoms with van der Waals surface area (Å²) < 4.78 is 5.13. The van der Waals surface area contributed by atoms with Gasteiger partial charge in [0.25, 0.3) is 0 Å². The summed E-state index contributed by atoms with van der Waals surface area (Å²) in [6.45, 7) is 9.75. The molecule has 0 aromatic heterocycles. The smallest absolute Gasteiger partial charge is 0.408 e. The Morgan fingerprint density at radius 2 is 1.48 bits per heavy atom. The van der Waals surface area contributed by atoms with Gasteiger partial charge < -0.3 is 30.9 Å². The number of carbonyl (C=O) groups excluding carboxylic acids is 6. The summed E-state index contributed by atoms with van der Waals surface area (Å²) in [5, 5.41) is 10.2. The summed E-state index contributed by atoms with van der Waals surface area (Å²) in [5.74, 6) is -2.77. The average Bonchev–Trinajstić information content (AvgIpc) is 3.41. The minimum absolute atomic E-state index is 0.265. The molecule has 5 atom stereocenters. The monoisotopic (exact) mass is 607 g/mol. The lowest BCUT2D eigenvalue weighted by molar-refractivity contribution is -0.141. The lowest BCUT2D eigenvalue weighted by Gasteiger charge is -2.29. The number of alkyl halides is 1. The first-order valence-corrected chi connectivity index (χ1v) is 14.5. The number of ether oxygens (including phenoxy) is 1. The van der Waals surface area contributed by atoms with Crippen LogP contribution in [0.25, 0.3) is 0 Å². The average molecular weight is 608 g/mol. The van der Waals surface area contributed by atoms with Gasteiger partial charge in [-0.3, -0.25) is 24.0 Å². The van der Waals surface area contributed by atoms with Crippen molar-refractivity contribution in [3.05, 3.63) is 35.9 Å². The highest BCUT2D eigenvalue weighted by molar-refractivity contribution is 6.28. The quantitative estimate of drug-likeness (QED) is 0.261. The molecule has 1 unspecified atom stereocenters. The van der Waals surface area contributed by atoms with Gasteiger partial charge in [-0.15, -0.1) is 11.6 Å². The number of amides is 5. The molecule has 1 saturated heterocycles. The Hall–Kier alpha value is -3.67. The molecule has 13 heteroatoms. The van der Waals surface area contributed by atoms with Gasteiger partial charge in [-0.2, -0.15) is 0 Å². The van der Waals surface area contributed by atoms with Crippen molar-refractivity contribution < 1.29 is 33.5 Å². The lowest BCUT2D eigenvalue weighted by atomic mass is 10.0. The van der Waals surface area contributed by atoms with Crippen LogP contribution >= 0.6 is 11.6 Å². The molecule has 1 aliphatic heterocycles. The molecule has 1 fully saturated rings. The Balaban J connectivity index is 1.94. The third kappa shape index (κ3) is 10.6. The SMILES string of the molecule is C[C@H](NC(=O)OC(C)(C)C)C(=O)N[C@H](C)C(=O)N[C@@H](C)C(=O)N1CCC[C@H]1C(=O)NC(Cc1ccccc1)C(=O)CCl. The van der Waals surface area contributed by atoms with Crippen molar-refractivity contribution in [3.63, 3.8) is 0 Å². The molecule has 1 aliphatic rings. The second kappa shape index (κ2) is 15.5. The van der Waals surface area contributed by atoms with Crippen molar-refractivity contribution in [1.29, 1.82) is 0 Å². The van der Waals surface area contributed by atoms with Crippen molar-refractivity contribution in [1.82, 2.24) is 26.2 Å². The van der Waals surface area contributed by atoms with Gasteiger partial charge in [0.15, 0.2) is 5.78 Å². The van der Waals surface area contributed by atoms with E-state index < -0.39 is 65.5 Å². The van der Waals surface area contributed by atoms with Crippen molar-refractivity contribution in [3.8, 4) is 0 Å². The summed E-state index contributed by atoms with van der Waals surface area (Å²) in [6, 6.07) is 4.56. The van der Waals surface area contributed by atoms with Crippen LogP contribution in [0.1, 0.15) is 59.9 Å². The van der Waals surface area contributed by atoms with Gasteiger partial charge in [-0.05, 0) is 66.4 Å². The van der Waals surface area contributed by atoms with E-state index in [0.29, 0.717) is 19.4 Å². The summed E-state index contributed by atoms with van der Waals surface area (Å²) in [6.07, 6.45) is 0.469. The zero-order chi connectivity index (χ0) is 31.6. The van der Waals surface area contributed by atoms with Gasteiger partial charge in [0, 0.05) is 6.54 Å². The van der Waals surface area contributed by atoms with E-state index in [2.05, 4.69) is 21.3 Å². The Morgan fingerprint density at radius 3 is 2.05 bits per heavy atom. The maximum atomic E-state index is 13.2. The molecular formula is C29H42ClN5O7. The fraction of sp³-hybridized carbons (Fsp3) is 0.586. The maximum absolute atomic E-state index is 13.2. The van der Waals surface area contributed by atoms with Crippen LogP contribution in [-0.4, -0.2) is 88.6 Å². The molecule has 0 bridgehead atoms. The molecule has 5 amide bonds. The predicted molar refractivity (Wildman–Crippen MR) is 157 cm³/mol. The zero-order valence-electron chi connectivity index (χ0n) is 25.0. The number of alkyl carbamates (subject to hydrolysis) is 1. The molecule has 1 aromatic rings. The van der Waals surface area contributed by atoms with Crippen molar-refractivity contribution in [2.75, 3.05) is 12.4 Å². The molecule has 0 spiro atoms. The number of nitrogens with one attached hydrogen (secondary N) is 4. The number of hydrogen-bond donors (Lipinski definition) is 4. The minimum atomic E-state index is -1.02. The van der Waals surface area contributed by atoms with Crippen LogP contribution in [0.4, 0.5) is 4.79 Å². The number of nitrogens with zero attached hydrogens (tertiary/aromatic N) is 1. The van der Waals surface area contributed by atoms with E-state index in [1.54, 1.807) is 20.8 Å². The summed E-state index contributed by atoms with van der Waals surface area (Å²) >= 11 is 5.79. The lowest BCUT2D eigenvalue weighted by Crippen LogP contribution is -2.57. The van der Waals surface area contributed by atoms with Crippen LogP contribution in [0.3, 0.4) is 0 Å². The number of halogens is 1. The molecule has 1 heterocycles. The Kier molecular flexibility index (Phi) is 12.8. The first-order valence-electron chi connectivity index (χ1n) is 14.0. The van der Waals surface area contributed by atoms with Gasteiger partial charge >= 0.3 is 6.09 Å². The number of rotatable bonds is 12. The number of Topliss-reactive ketones (excluding diaryl/α,β-unsaturated/α-hetero) is 1. The molecule has 12 nitrogen and oxygen atoms in total. The normalized spacial score (nSPS) is 17.7. The first kappa shape index (κ1) is 34.5. The van der Waals surface area contributed by atoms with E-state index in [-0.39, 0.29) is 18.1 Å². The Morgan fingerprint density at radius 1 is 0.905 bits per heavy atom. The van der Waals surface area contributed by atoms with E-state index >= 15 is 0 Å². The Labute approximate surface area is 251 Å². The van der Waals surface area contributed by atoms with Crippen molar-refractivity contribution >= 4 is 47.1 Å². The van der Waals surface area contributed by atoms with Crippen molar-refractivity contribution in [2.45, 2.75) is 96.6 Å². The fourth-order valence-electron chi connectivity index (χ4n) is 4.36. The van der Waals surface area contributed by atoms with Crippen LogP contribution in [0.2, 0.25) is 0 Å². The maximum Gasteiger partial charge on any atom is 0.408 e. The third-order valence-corrected chi connectivity index (χ3v) is 6.83. The molecule has 1 aromatic carbocycles. The van der Waals surface area contributed by atoms with Crippen LogP contribution in [-0.2, 0) is 35.1 Å². The number of likely N-dealkylation sites (tertiary alicyclic amines) is 1. The highest BCUT2D eigenvalue weighted by Gasteiger charge is 2.38. The summed E-state index contributed by atoms with van der Waals surface area (Å²) in [5.41, 5.74) is 0.115. The van der Waals surface area contributed by atoms with Gasteiger partial charge in [-0.25, -0.2) is 4.79 Å². The highest BCUT2D eigenvalue weighted by atomic mass is 35.5. The number of hydrogen-bond acceptors (Lipinski definition) is 7. The largest absolute Gasteiger partial charge is 0.444 e. The van der Waals surface area contributed by atoms with Crippen LogP contribution in [0.5, 0.6) is 0 Å². The molecule has 0 radical (unpaired) electrons. The first-order chi connectivity index (χ1) is 19.6. The molecule has 0 saturated carbocycles. The fourth-order valence-corrected chi connectivity index (χ4v) is 4.55. The predicted octanol–water partition coefficient (Wildman–Crippen LogP) is 1.44. The van der Waals surface area contributed by atoms with Gasteiger partial charge in [-0.1, -0.05) is 30.3 Å². The van der Waals surface area contributed by atoms with E-state index in [0.717, 1.165) is 5.56 Å². The standard InChI is InChI=1S/C29H42ClN5O7/c1-17(31-25(38)18(2)33-28(41)42-29(4,5)6)24(37)32-19(3)27(40)35-14-10-13-22(35)26(39)34-21(23(36)16-30)15-20-11-8-7-9-12-20/h7-9,11-12,17-19,21-22H,10,13-16H2,1-6H3,(H,31,38)(H,32,37)(H,33,41)(H,34,39)/t17-,18+,19+,21?,22+/m1/s1. The second-order valence-corrected chi connectivity index (χ2v) is 11.6. The second-order valence-electron chi connectivity index (χ2n) is 11.4. The third-order valence-electron chi connectivity index (χ3n) is 6.57. The van der Waals surface area contributed by atoms with Crippen molar-refractivity contribution in [2.24, 2.45) is 0 Å². The van der Waals surface area contributed by atoms with E-state index in [4.69, 9.17) is 16.3 Å². The summed E-state index contributed by atoms with van der Waals surface area (Å²) in [7, 11) is 0. The van der Waals surface area contributed by atoms with Gasteiger partial charge in [0.1, 0.15) is 29.8 Å². The molecule has 42 heavy (non-hydrogen) atoms. The van der Waals surface area contributed by atoms with E-state index in [1.165, 1.54) is 25.7 Å².